The lowest BCUT2D eigenvalue weighted by atomic mass is 9.81. The van der Waals surface area contributed by atoms with Crippen LogP contribution in [0.1, 0.15) is 5.56 Å². The van der Waals surface area contributed by atoms with Crippen LogP contribution in [-0.2, 0) is 4.79 Å². The van der Waals surface area contributed by atoms with Gasteiger partial charge in [0.1, 0.15) is 17.0 Å². The Labute approximate surface area is 128 Å². The normalized spacial score (nSPS) is 27.5. The topological polar surface area (TPSA) is 89.7 Å². The van der Waals surface area contributed by atoms with E-state index < -0.39 is 11.4 Å². The molecule has 1 aromatic heterocycles. The minimum atomic E-state index is -0.766. The summed E-state index contributed by atoms with van der Waals surface area (Å²) >= 11 is 0. The maximum absolute atomic E-state index is 11.8. The van der Waals surface area contributed by atoms with Gasteiger partial charge < -0.3 is 19.6 Å². The first-order chi connectivity index (χ1) is 10.5. The molecule has 0 aromatic carbocycles. The molecule has 2 atom stereocenters. The lowest BCUT2D eigenvalue weighted by Gasteiger charge is -2.25. The number of likely N-dealkylation sites (tertiary alicyclic amines) is 1. The zero-order chi connectivity index (χ0) is 15.9. The van der Waals surface area contributed by atoms with Gasteiger partial charge in [0, 0.05) is 38.3 Å². The number of carbonyl (C=O) groups is 1. The maximum atomic E-state index is 11.8. The zero-order valence-electron chi connectivity index (χ0n) is 12.6. The van der Waals surface area contributed by atoms with E-state index in [0.717, 1.165) is 6.54 Å². The SMILES string of the molecule is COc1nccc(N2C[C@@H]3CN(C)C[C@]3(C(=O)O)C2)c1C#N. The summed E-state index contributed by atoms with van der Waals surface area (Å²) in [5.74, 6) is -0.428. The zero-order valence-corrected chi connectivity index (χ0v) is 12.6. The first-order valence-corrected chi connectivity index (χ1v) is 7.12. The second kappa shape index (κ2) is 5.14. The Balaban J connectivity index is 1.97. The summed E-state index contributed by atoms with van der Waals surface area (Å²) in [6.07, 6.45) is 1.59. The molecular formula is C15H18N4O3. The van der Waals surface area contributed by atoms with Crippen LogP contribution in [0.25, 0.3) is 0 Å². The summed E-state index contributed by atoms with van der Waals surface area (Å²) < 4.78 is 5.14. The van der Waals surface area contributed by atoms with Crippen molar-refractivity contribution in [3.63, 3.8) is 0 Å². The third kappa shape index (κ3) is 1.99. The summed E-state index contributed by atoms with van der Waals surface area (Å²) in [4.78, 5) is 19.9. The van der Waals surface area contributed by atoms with E-state index in [0.29, 0.717) is 30.9 Å². The summed E-state index contributed by atoms with van der Waals surface area (Å²) in [6, 6.07) is 3.87. The maximum Gasteiger partial charge on any atom is 0.313 e. The second-order valence-electron chi connectivity index (χ2n) is 6.06. The number of nitrogens with zero attached hydrogens (tertiary/aromatic N) is 4. The van der Waals surface area contributed by atoms with E-state index in [1.165, 1.54) is 7.11 Å². The Bertz CT molecular complexity index is 657. The summed E-state index contributed by atoms with van der Waals surface area (Å²) in [6.45, 7) is 2.32. The summed E-state index contributed by atoms with van der Waals surface area (Å²) in [5.41, 5.74) is 0.295. The van der Waals surface area contributed by atoms with Gasteiger partial charge in [-0.15, -0.1) is 0 Å². The average molecular weight is 302 g/mol. The number of carboxylic acids is 1. The molecule has 3 heterocycles. The Kier molecular flexibility index (Phi) is 3.41. The minimum Gasteiger partial charge on any atom is -0.481 e. The van der Waals surface area contributed by atoms with Crippen LogP contribution < -0.4 is 9.64 Å². The molecule has 0 saturated carbocycles. The molecule has 3 rings (SSSR count). The van der Waals surface area contributed by atoms with Gasteiger partial charge in [-0.25, -0.2) is 4.98 Å². The van der Waals surface area contributed by atoms with Crippen LogP contribution in [0.15, 0.2) is 12.3 Å². The van der Waals surface area contributed by atoms with Crippen molar-refractivity contribution in [2.45, 2.75) is 0 Å². The smallest absolute Gasteiger partial charge is 0.313 e. The molecule has 22 heavy (non-hydrogen) atoms. The summed E-state index contributed by atoms with van der Waals surface area (Å²) in [7, 11) is 3.42. The number of carboxylic acid groups (broad SMARTS) is 1. The minimum absolute atomic E-state index is 0.0562. The van der Waals surface area contributed by atoms with Gasteiger partial charge in [0.2, 0.25) is 5.88 Å². The fraction of sp³-hybridized carbons (Fsp3) is 0.533. The van der Waals surface area contributed by atoms with Gasteiger partial charge in [-0.2, -0.15) is 5.26 Å². The molecule has 0 bridgehead atoms. The molecule has 7 heteroatoms. The highest BCUT2D eigenvalue weighted by Crippen LogP contribution is 2.44. The first-order valence-electron chi connectivity index (χ1n) is 7.12. The molecule has 0 radical (unpaired) electrons. The van der Waals surface area contributed by atoms with Gasteiger partial charge in [0.25, 0.3) is 0 Å². The van der Waals surface area contributed by atoms with E-state index in [9.17, 15) is 15.2 Å². The van der Waals surface area contributed by atoms with Gasteiger partial charge in [0.05, 0.1) is 12.8 Å². The third-order valence-corrected chi connectivity index (χ3v) is 4.75. The molecule has 0 spiro atoms. The van der Waals surface area contributed by atoms with Crippen LogP contribution in [0, 0.1) is 22.7 Å². The number of anilines is 1. The standard InChI is InChI=1S/C15H18N4O3/c1-18-6-10-7-19(9-15(10,8-18)14(20)21)12-3-4-17-13(22-2)11(12)5-16/h3-4,10H,6-9H2,1-2H3,(H,20,21)/t10-,15-/m0/s1. The molecule has 2 aliphatic heterocycles. The Hall–Kier alpha value is -2.33. The van der Waals surface area contributed by atoms with Gasteiger partial charge >= 0.3 is 5.97 Å². The highest BCUT2D eigenvalue weighted by molar-refractivity contribution is 5.79. The van der Waals surface area contributed by atoms with E-state index in [2.05, 4.69) is 16.0 Å². The number of hydrogen-bond acceptors (Lipinski definition) is 6. The van der Waals surface area contributed by atoms with Crippen LogP contribution in [0.3, 0.4) is 0 Å². The van der Waals surface area contributed by atoms with E-state index in [1.807, 2.05) is 11.9 Å². The number of rotatable bonds is 3. The highest BCUT2D eigenvalue weighted by Gasteiger charge is 2.57. The van der Waals surface area contributed by atoms with Crippen molar-refractivity contribution in [3.05, 3.63) is 17.8 Å². The van der Waals surface area contributed by atoms with E-state index >= 15 is 0 Å². The quantitative estimate of drug-likeness (QED) is 0.865. The van der Waals surface area contributed by atoms with Crippen LogP contribution in [0.4, 0.5) is 5.69 Å². The van der Waals surface area contributed by atoms with Gasteiger partial charge in [-0.1, -0.05) is 0 Å². The molecule has 0 unspecified atom stereocenters. The molecule has 0 aliphatic carbocycles. The van der Waals surface area contributed by atoms with Crippen molar-refractivity contribution in [2.75, 3.05) is 45.2 Å². The first kappa shape index (κ1) is 14.6. The predicted molar refractivity (Wildman–Crippen MR) is 78.8 cm³/mol. The number of aromatic nitrogens is 1. The molecule has 2 saturated heterocycles. The fourth-order valence-corrected chi connectivity index (χ4v) is 3.76. The highest BCUT2D eigenvalue weighted by atomic mass is 16.5. The van der Waals surface area contributed by atoms with Gasteiger partial charge in [-0.3, -0.25) is 4.79 Å². The number of methoxy groups -OCH3 is 1. The van der Waals surface area contributed by atoms with Gasteiger partial charge in [-0.05, 0) is 13.1 Å². The molecule has 0 amide bonds. The van der Waals surface area contributed by atoms with E-state index in [1.54, 1.807) is 12.3 Å². The molecule has 116 valence electrons. The van der Waals surface area contributed by atoms with Crippen LogP contribution in [0.5, 0.6) is 5.88 Å². The van der Waals surface area contributed by atoms with E-state index in [4.69, 9.17) is 4.74 Å². The van der Waals surface area contributed by atoms with Crippen molar-refractivity contribution in [1.82, 2.24) is 9.88 Å². The lowest BCUT2D eigenvalue weighted by Crippen LogP contribution is -2.40. The molecule has 1 N–H and O–H groups in total. The third-order valence-electron chi connectivity index (χ3n) is 4.75. The number of ether oxygens (including phenoxy) is 1. The number of fused-ring (bicyclic) bond motifs is 1. The van der Waals surface area contributed by atoms with Crippen molar-refractivity contribution in [2.24, 2.45) is 11.3 Å². The van der Waals surface area contributed by atoms with Crippen molar-refractivity contribution < 1.29 is 14.6 Å². The predicted octanol–water partition coefficient (Wildman–Crippen LogP) is 0.414. The number of aliphatic carboxylic acids is 1. The molecule has 2 aliphatic rings. The van der Waals surface area contributed by atoms with Crippen LogP contribution in [-0.4, -0.2) is 61.3 Å². The van der Waals surface area contributed by atoms with Crippen LogP contribution in [0.2, 0.25) is 0 Å². The molecule has 2 fully saturated rings. The molecular weight excluding hydrogens is 284 g/mol. The Morgan fingerprint density at radius 1 is 1.55 bits per heavy atom. The van der Waals surface area contributed by atoms with Gasteiger partial charge in [0.15, 0.2) is 0 Å². The molecule has 7 nitrogen and oxygen atoms in total. The largest absolute Gasteiger partial charge is 0.481 e. The van der Waals surface area contributed by atoms with Crippen molar-refractivity contribution in [1.29, 1.82) is 5.26 Å². The van der Waals surface area contributed by atoms with Crippen molar-refractivity contribution >= 4 is 11.7 Å². The summed E-state index contributed by atoms with van der Waals surface area (Å²) in [5, 5.41) is 19.1. The number of pyridine rings is 1. The number of hydrogen-bond donors (Lipinski definition) is 1. The monoisotopic (exact) mass is 302 g/mol. The Morgan fingerprint density at radius 3 is 2.91 bits per heavy atom. The van der Waals surface area contributed by atoms with Crippen LogP contribution >= 0.6 is 0 Å². The van der Waals surface area contributed by atoms with Crippen molar-refractivity contribution in [3.8, 4) is 11.9 Å². The fourth-order valence-electron chi connectivity index (χ4n) is 3.76. The average Bonchev–Trinajstić information content (AvgIpc) is 2.99. The lowest BCUT2D eigenvalue weighted by molar-refractivity contribution is -0.148. The van der Waals surface area contributed by atoms with E-state index in [-0.39, 0.29) is 11.8 Å². The second-order valence-corrected chi connectivity index (χ2v) is 6.06. The number of nitriles is 1. The molecule has 1 aromatic rings. The Morgan fingerprint density at radius 2 is 2.32 bits per heavy atom.